The Morgan fingerprint density at radius 3 is 2.77 bits per heavy atom. The van der Waals surface area contributed by atoms with Gasteiger partial charge in [-0.25, -0.2) is 0 Å². The molecule has 122 valence electrons. The van der Waals surface area contributed by atoms with E-state index in [1.54, 1.807) is 7.11 Å². The molecule has 1 unspecified atom stereocenters. The molecule has 22 heavy (non-hydrogen) atoms. The molecule has 0 aliphatic carbocycles. The van der Waals surface area contributed by atoms with E-state index in [1.807, 2.05) is 38.1 Å². The second-order valence-electron chi connectivity index (χ2n) is 6.13. The summed E-state index contributed by atoms with van der Waals surface area (Å²) in [4.78, 5) is 14.2. The van der Waals surface area contributed by atoms with Crippen LogP contribution in [0.4, 0.5) is 0 Å². The molecule has 0 aromatic heterocycles. The van der Waals surface area contributed by atoms with Crippen molar-refractivity contribution in [3.05, 3.63) is 29.8 Å². The van der Waals surface area contributed by atoms with Crippen molar-refractivity contribution in [2.24, 2.45) is 5.73 Å². The number of likely N-dealkylation sites (tertiary alicyclic amines) is 1. The molecule has 1 aliphatic heterocycles. The number of carbonyl (C=O) groups is 1. The molecule has 5 heteroatoms. The van der Waals surface area contributed by atoms with Gasteiger partial charge in [0.1, 0.15) is 11.3 Å². The number of rotatable bonds is 7. The number of ether oxygens (including phenoxy) is 2. The molecule has 0 spiro atoms. The Labute approximate surface area is 132 Å². The minimum atomic E-state index is -0.709. The average molecular weight is 306 g/mol. The zero-order chi connectivity index (χ0) is 16.2. The highest BCUT2D eigenvalue weighted by Crippen LogP contribution is 2.33. The summed E-state index contributed by atoms with van der Waals surface area (Å²) in [6.07, 6.45) is 1.79. The van der Waals surface area contributed by atoms with E-state index in [-0.39, 0.29) is 12.0 Å². The lowest BCUT2D eigenvalue weighted by Crippen LogP contribution is -2.56. The molecule has 0 radical (unpaired) electrons. The van der Waals surface area contributed by atoms with E-state index in [9.17, 15) is 4.79 Å². The Kier molecular flexibility index (Phi) is 5.42. The molecule has 1 fully saturated rings. The molecule has 1 aliphatic rings. The lowest BCUT2D eigenvalue weighted by atomic mass is 9.95. The molecule has 0 bridgehead atoms. The summed E-state index contributed by atoms with van der Waals surface area (Å²) in [6, 6.07) is 7.95. The maximum Gasteiger partial charge on any atom is 0.240 e. The lowest BCUT2D eigenvalue weighted by Gasteiger charge is -2.35. The molecule has 2 N–H and O–H groups in total. The number of methoxy groups -OCH3 is 1. The standard InChI is InChI=1S/C17H26N2O3/c1-13(2)22-15-8-5-4-7-14(15)11-19-10-6-9-17(19,12-21-3)16(18)20/h4-5,7-8,13H,6,9-12H2,1-3H3,(H2,18,20). The van der Waals surface area contributed by atoms with Gasteiger partial charge in [0, 0.05) is 19.2 Å². The van der Waals surface area contributed by atoms with E-state index in [0.29, 0.717) is 13.2 Å². The second-order valence-corrected chi connectivity index (χ2v) is 6.13. The number of benzene rings is 1. The Morgan fingerprint density at radius 1 is 1.41 bits per heavy atom. The lowest BCUT2D eigenvalue weighted by molar-refractivity contribution is -0.132. The van der Waals surface area contributed by atoms with E-state index in [1.165, 1.54) is 0 Å². The van der Waals surface area contributed by atoms with E-state index >= 15 is 0 Å². The van der Waals surface area contributed by atoms with Gasteiger partial charge in [0.05, 0.1) is 12.7 Å². The molecule has 1 amide bonds. The Balaban J connectivity index is 2.24. The number of hydrogen-bond acceptors (Lipinski definition) is 4. The molecule has 5 nitrogen and oxygen atoms in total. The first kappa shape index (κ1) is 16.8. The minimum Gasteiger partial charge on any atom is -0.491 e. The molecular weight excluding hydrogens is 280 g/mol. The number of nitrogens with two attached hydrogens (primary N) is 1. The van der Waals surface area contributed by atoms with Gasteiger partial charge in [-0.05, 0) is 39.3 Å². The normalized spacial score (nSPS) is 22.2. The van der Waals surface area contributed by atoms with E-state index in [4.69, 9.17) is 15.2 Å². The van der Waals surface area contributed by atoms with Crippen LogP contribution in [0, 0.1) is 0 Å². The molecule has 2 rings (SSSR count). The van der Waals surface area contributed by atoms with Crippen LogP contribution in [0.1, 0.15) is 32.3 Å². The Hall–Kier alpha value is -1.59. The summed E-state index contributed by atoms with van der Waals surface area (Å²) in [5.74, 6) is 0.550. The average Bonchev–Trinajstić information content (AvgIpc) is 2.85. The van der Waals surface area contributed by atoms with Gasteiger partial charge in [-0.2, -0.15) is 0 Å². The molecule has 0 saturated carbocycles. The smallest absolute Gasteiger partial charge is 0.240 e. The van der Waals surface area contributed by atoms with Gasteiger partial charge < -0.3 is 15.2 Å². The van der Waals surface area contributed by atoms with Crippen molar-refractivity contribution in [2.45, 2.75) is 44.9 Å². The summed E-state index contributed by atoms with van der Waals surface area (Å²) >= 11 is 0. The monoisotopic (exact) mass is 306 g/mol. The van der Waals surface area contributed by atoms with Crippen LogP contribution in [0.3, 0.4) is 0 Å². The van der Waals surface area contributed by atoms with Crippen molar-refractivity contribution in [3.63, 3.8) is 0 Å². The number of primary amides is 1. The van der Waals surface area contributed by atoms with Gasteiger partial charge >= 0.3 is 0 Å². The number of hydrogen-bond donors (Lipinski definition) is 1. The van der Waals surface area contributed by atoms with Gasteiger partial charge in [-0.15, -0.1) is 0 Å². The first-order chi connectivity index (χ1) is 10.5. The predicted molar refractivity (Wildman–Crippen MR) is 85.7 cm³/mol. The van der Waals surface area contributed by atoms with Crippen molar-refractivity contribution in [1.29, 1.82) is 0 Å². The van der Waals surface area contributed by atoms with Crippen molar-refractivity contribution in [1.82, 2.24) is 4.90 Å². The topological polar surface area (TPSA) is 64.8 Å². The minimum absolute atomic E-state index is 0.111. The summed E-state index contributed by atoms with van der Waals surface area (Å²) in [7, 11) is 1.61. The highest BCUT2D eigenvalue weighted by atomic mass is 16.5. The van der Waals surface area contributed by atoms with E-state index < -0.39 is 5.54 Å². The molecular formula is C17H26N2O3. The third kappa shape index (κ3) is 3.42. The largest absolute Gasteiger partial charge is 0.491 e. The summed E-state index contributed by atoms with van der Waals surface area (Å²) < 4.78 is 11.1. The first-order valence-corrected chi connectivity index (χ1v) is 7.78. The van der Waals surface area contributed by atoms with Gasteiger partial charge in [-0.3, -0.25) is 9.69 Å². The van der Waals surface area contributed by atoms with E-state index in [2.05, 4.69) is 4.90 Å². The zero-order valence-corrected chi connectivity index (χ0v) is 13.7. The van der Waals surface area contributed by atoms with Gasteiger partial charge in [0.25, 0.3) is 0 Å². The van der Waals surface area contributed by atoms with Crippen LogP contribution < -0.4 is 10.5 Å². The zero-order valence-electron chi connectivity index (χ0n) is 13.7. The third-order valence-corrected chi connectivity index (χ3v) is 4.16. The number of nitrogens with zero attached hydrogens (tertiary/aromatic N) is 1. The molecule has 1 aromatic carbocycles. The van der Waals surface area contributed by atoms with Crippen molar-refractivity contribution >= 4 is 5.91 Å². The highest BCUT2D eigenvalue weighted by Gasteiger charge is 2.46. The van der Waals surface area contributed by atoms with Crippen LogP contribution in [-0.2, 0) is 16.1 Å². The van der Waals surface area contributed by atoms with Crippen LogP contribution in [0.2, 0.25) is 0 Å². The summed E-state index contributed by atoms with van der Waals surface area (Å²) in [6.45, 7) is 5.81. The fourth-order valence-electron chi connectivity index (χ4n) is 3.13. The maximum atomic E-state index is 12.0. The predicted octanol–water partition coefficient (Wildman–Crippen LogP) is 1.94. The van der Waals surface area contributed by atoms with Gasteiger partial charge in [0.15, 0.2) is 0 Å². The number of para-hydroxylation sites is 1. The second kappa shape index (κ2) is 7.11. The fourth-order valence-corrected chi connectivity index (χ4v) is 3.13. The molecule has 1 atom stereocenters. The number of amides is 1. The maximum absolute atomic E-state index is 12.0. The first-order valence-electron chi connectivity index (χ1n) is 7.78. The Morgan fingerprint density at radius 2 is 2.14 bits per heavy atom. The number of carbonyl (C=O) groups excluding carboxylic acids is 1. The molecule has 1 heterocycles. The fraction of sp³-hybridized carbons (Fsp3) is 0.588. The quantitative estimate of drug-likeness (QED) is 0.836. The van der Waals surface area contributed by atoms with Crippen LogP contribution in [0.15, 0.2) is 24.3 Å². The van der Waals surface area contributed by atoms with Crippen LogP contribution in [0.5, 0.6) is 5.75 Å². The van der Waals surface area contributed by atoms with Crippen molar-refractivity contribution in [3.8, 4) is 5.75 Å². The van der Waals surface area contributed by atoms with E-state index in [0.717, 1.165) is 30.7 Å². The summed E-state index contributed by atoms with van der Waals surface area (Å²) in [5.41, 5.74) is 6.05. The van der Waals surface area contributed by atoms with Gasteiger partial charge in [-0.1, -0.05) is 18.2 Å². The van der Waals surface area contributed by atoms with Crippen molar-refractivity contribution < 1.29 is 14.3 Å². The van der Waals surface area contributed by atoms with Gasteiger partial charge in [0.2, 0.25) is 5.91 Å². The SMILES string of the molecule is COCC1(C(N)=O)CCCN1Cc1ccccc1OC(C)C. The van der Waals surface area contributed by atoms with Crippen molar-refractivity contribution in [2.75, 3.05) is 20.3 Å². The van der Waals surface area contributed by atoms with Crippen LogP contribution >= 0.6 is 0 Å². The van der Waals surface area contributed by atoms with Crippen LogP contribution in [0.25, 0.3) is 0 Å². The summed E-state index contributed by atoms with van der Waals surface area (Å²) in [5, 5.41) is 0. The van der Waals surface area contributed by atoms with Crippen LogP contribution in [-0.4, -0.2) is 42.7 Å². The highest BCUT2D eigenvalue weighted by molar-refractivity contribution is 5.85. The molecule has 1 saturated heterocycles. The molecule has 1 aromatic rings. The Bertz CT molecular complexity index is 518. The third-order valence-electron chi connectivity index (χ3n) is 4.16.